The molecule has 1 atom stereocenters. The van der Waals surface area contributed by atoms with Gasteiger partial charge in [0.2, 0.25) is 0 Å². The molecule has 0 aromatic carbocycles. The molecule has 19 heavy (non-hydrogen) atoms. The largest absolute Gasteiger partial charge is 0.333 e. The average molecular weight is 270 g/mol. The summed E-state index contributed by atoms with van der Waals surface area (Å²) in [5.74, 6) is -0.182. The van der Waals surface area contributed by atoms with Crippen LogP contribution in [0.4, 0.5) is 4.79 Å². The van der Waals surface area contributed by atoms with Gasteiger partial charge in [-0.15, -0.1) is 0 Å². The van der Waals surface area contributed by atoms with Gasteiger partial charge in [-0.2, -0.15) is 0 Å². The number of nitrogens with one attached hydrogen (secondary N) is 3. The van der Waals surface area contributed by atoms with E-state index in [0.717, 1.165) is 13.1 Å². The summed E-state index contributed by atoms with van der Waals surface area (Å²) in [6.45, 7) is 9.62. The topological polar surface area (TPSA) is 62.6 Å². The number of imide groups is 1. The van der Waals surface area contributed by atoms with Crippen molar-refractivity contribution in [2.75, 3.05) is 13.1 Å². The number of quaternary nitrogens is 1. The Bertz CT molecular complexity index is 315. The highest BCUT2D eigenvalue weighted by Crippen LogP contribution is 2.00. The molecule has 0 aliphatic carbocycles. The van der Waals surface area contributed by atoms with Crippen molar-refractivity contribution in [3.63, 3.8) is 0 Å². The number of hydrogen-bond donors (Lipinski definition) is 3. The second-order valence-corrected chi connectivity index (χ2v) is 6.49. The summed E-state index contributed by atoms with van der Waals surface area (Å²) in [5.41, 5.74) is -0.330. The van der Waals surface area contributed by atoms with E-state index in [1.807, 2.05) is 27.7 Å². The lowest BCUT2D eigenvalue weighted by Crippen LogP contribution is -3.16. The molecule has 1 heterocycles. The Morgan fingerprint density at radius 3 is 2.05 bits per heavy atom. The van der Waals surface area contributed by atoms with Gasteiger partial charge in [-0.05, 0) is 53.4 Å². The molecule has 0 unspecified atom stereocenters. The lowest BCUT2D eigenvalue weighted by molar-refractivity contribution is -0.913. The number of hydrogen-bond acceptors (Lipinski definition) is 2. The van der Waals surface area contributed by atoms with E-state index in [2.05, 4.69) is 10.6 Å². The van der Waals surface area contributed by atoms with Crippen LogP contribution in [0.2, 0.25) is 0 Å². The fourth-order valence-electron chi connectivity index (χ4n) is 2.39. The summed E-state index contributed by atoms with van der Waals surface area (Å²) in [7, 11) is 0. The molecule has 1 saturated heterocycles. The fourth-order valence-corrected chi connectivity index (χ4v) is 2.39. The molecule has 5 nitrogen and oxygen atoms in total. The predicted octanol–water partition coefficient (Wildman–Crippen LogP) is 0.458. The van der Waals surface area contributed by atoms with Crippen molar-refractivity contribution in [3.05, 3.63) is 0 Å². The van der Waals surface area contributed by atoms with Crippen LogP contribution in [0.1, 0.15) is 53.4 Å². The van der Waals surface area contributed by atoms with Crippen LogP contribution in [0.5, 0.6) is 0 Å². The molecular formula is C14H28N3O2+. The second-order valence-electron chi connectivity index (χ2n) is 6.49. The Balaban J connectivity index is 2.45. The molecule has 3 N–H and O–H groups in total. The van der Waals surface area contributed by atoms with Gasteiger partial charge in [-0.3, -0.25) is 10.1 Å². The number of urea groups is 1. The molecule has 0 spiro atoms. The van der Waals surface area contributed by atoms with E-state index in [1.54, 1.807) is 0 Å². The molecule has 0 aromatic heterocycles. The van der Waals surface area contributed by atoms with Crippen molar-refractivity contribution in [2.45, 2.75) is 65.0 Å². The Labute approximate surface area is 116 Å². The van der Waals surface area contributed by atoms with Crippen LogP contribution in [-0.2, 0) is 4.79 Å². The van der Waals surface area contributed by atoms with E-state index in [4.69, 9.17) is 0 Å². The molecule has 1 rings (SSSR count). The van der Waals surface area contributed by atoms with Gasteiger partial charge in [0, 0.05) is 5.54 Å². The lowest BCUT2D eigenvalue weighted by atomic mass is 10.1. The van der Waals surface area contributed by atoms with Gasteiger partial charge in [0.1, 0.15) is 0 Å². The minimum atomic E-state index is -0.404. The van der Waals surface area contributed by atoms with E-state index in [-0.39, 0.29) is 17.5 Å². The summed E-state index contributed by atoms with van der Waals surface area (Å²) in [4.78, 5) is 25.0. The minimum absolute atomic E-state index is 0.163. The maximum Gasteiger partial charge on any atom is 0.322 e. The summed E-state index contributed by atoms with van der Waals surface area (Å²) in [6.07, 6.45) is 4.84. The van der Waals surface area contributed by atoms with Gasteiger partial charge < -0.3 is 10.2 Å². The molecule has 0 bridgehead atoms. The van der Waals surface area contributed by atoms with Crippen molar-refractivity contribution in [3.8, 4) is 0 Å². The molecule has 1 aliphatic heterocycles. The number of likely N-dealkylation sites (tertiary alicyclic amines) is 1. The number of carbonyl (C=O) groups excluding carboxylic acids is 2. The highest BCUT2D eigenvalue weighted by Gasteiger charge is 2.27. The van der Waals surface area contributed by atoms with E-state index in [0.29, 0.717) is 0 Å². The van der Waals surface area contributed by atoms with Crippen molar-refractivity contribution >= 4 is 11.9 Å². The van der Waals surface area contributed by atoms with Crippen LogP contribution in [0.3, 0.4) is 0 Å². The molecule has 0 aromatic rings. The normalized spacial score (nSPS) is 19.4. The lowest BCUT2D eigenvalue weighted by Gasteiger charge is -2.25. The van der Waals surface area contributed by atoms with Gasteiger partial charge in [0.25, 0.3) is 5.91 Å². The average Bonchev–Trinajstić information content (AvgIpc) is 2.53. The molecule has 0 saturated carbocycles. The standard InChI is InChI=1S/C14H27N3O2/c1-11(17-9-7-5-6-8-10-17)12(18)15-13(19)16-14(2,3)4/h11H,5-10H2,1-4H3,(H2,15,16,18,19)/p+1/t11-/m1/s1. The molecule has 0 radical (unpaired) electrons. The van der Waals surface area contributed by atoms with Crippen LogP contribution < -0.4 is 15.5 Å². The summed E-state index contributed by atoms with van der Waals surface area (Å²) >= 11 is 0. The molecule has 1 aliphatic rings. The maximum absolute atomic E-state index is 12.1. The molecule has 1 fully saturated rings. The quantitative estimate of drug-likeness (QED) is 0.682. The first-order chi connectivity index (χ1) is 8.79. The van der Waals surface area contributed by atoms with Gasteiger partial charge >= 0.3 is 6.03 Å². The van der Waals surface area contributed by atoms with E-state index < -0.39 is 6.03 Å². The number of rotatable bonds is 2. The Morgan fingerprint density at radius 1 is 1.05 bits per heavy atom. The molecular weight excluding hydrogens is 242 g/mol. The monoisotopic (exact) mass is 270 g/mol. The Kier molecular flexibility index (Phi) is 5.79. The minimum Gasteiger partial charge on any atom is -0.333 e. The first-order valence-electron chi connectivity index (χ1n) is 7.27. The van der Waals surface area contributed by atoms with E-state index in [1.165, 1.54) is 30.6 Å². The number of carbonyl (C=O) groups is 2. The summed E-state index contributed by atoms with van der Waals surface area (Å²) in [6, 6.07) is -0.567. The van der Waals surface area contributed by atoms with Gasteiger partial charge in [0.05, 0.1) is 13.1 Å². The maximum atomic E-state index is 12.1. The van der Waals surface area contributed by atoms with Crippen LogP contribution >= 0.6 is 0 Å². The van der Waals surface area contributed by atoms with Crippen molar-refractivity contribution in [2.24, 2.45) is 0 Å². The molecule has 110 valence electrons. The van der Waals surface area contributed by atoms with Gasteiger partial charge in [0.15, 0.2) is 6.04 Å². The van der Waals surface area contributed by atoms with E-state index in [9.17, 15) is 9.59 Å². The van der Waals surface area contributed by atoms with Crippen molar-refractivity contribution < 1.29 is 14.5 Å². The Hall–Kier alpha value is -1.10. The van der Waals surface area contributed by atoms with Crippen molar-refractivity contribution in [1.82, 2.24) is 10.6 Å². The zero-order valence-corrected chi connectivity index (χ0v) is 12.6. The smallest absolute Gasteiger partial charge is 0.322 e. The molecule has 3 amide bonds. The van der Waals surface area contributed by atoms with Gasteiger partial charge in [-0.1, -0.05) is 0 Å². The Morgan fingerprint density at radius 2 is 1.58 bits per heavy atom. The van der Waals surface area contributed by atoms with Crippen LogP contribution in [0.15, 0.2) is 0 Å². The third-order valence-electron chi connectivity index (χ3n) is 3.48. The van der Waals surface area contributed by atoms with E-state index >= 15 is 0 Å². The van der Waals surface area contributed by atoms with Crippen LogP contribution in [-0.4, -0.2) is 36.6 Å². The third-order valence-corrected chi connectivity index (χ3v) is 3.48. The highest BCUT2D eigenvalue weighted by atomic mass is 16.2. The summed E-state index contributed by atoms with van der Waals surface area (Å²) in [5, 5.41) is 5.18. The van der Waals surface area contributed by atoms with Crippen molar-refractivity contribution in [1.29, 1.82) is 0 Å². The SMILES string of the molecule is C[C@H](C(=O)NC(=O)NC(C)(C)C)[NH+]1CCCCCC1. The molecule has 5 heteroatoms. The predicted molar refractivity (Wildman–Crippen MR) is 75.1 cm³/mol. The van der Waals surface area contributed by atoms with Crippen LogP contribution in [0.25, 0.3) is 0 Å². The van der Waals surface area contributed by atoms with Crippen LogP contribution in [0, 0.1) is 0 Å². The highest BCUT2D eigenvalue weighted by molar-refractivity contribution is 5.96. The third kappa shape index (κ3) is 6.05. The second kappa shape index (κ2) is 6.89. The number of amides is 3. The first kappa shape index (κ1) is 16.0. The van der Waals surface area contributed by atoms with Gasteiger partial charge in [-0.25, -0.2) is 4.79 Å². The fraction of sp³-hybridized carbons (Fsp3) is 0.857. The zero-order valence-electron chi connectivity index (χ0n) is 12.6. The first-order valence-corrected chi connectivity index (χ1v) is 7.27. The summed E-state index contributed by atoms with van der Waals surface area (Å²) < 4.78 is 0. The zero-order chi connectivity index (χ0) is 14.5.